The van der Waals surface area contributed by atoms with Gasteiger partial charge in [-0.1, -0.05) is 12.5 Å². The normalized spacial score (nSPS) is 30.0. The van der Waals surface area contributed by atoms with Gasteiger partial charge in [0.1, 0.15) is 5.82 Å². The summed E-state index contributed by atoms with van der Waals surface area (Å²) in [4.78, 5) is 14.6. The fraction of sp³-hybridized carbons (Fsp3) is 0.611. The predicted octanol–water partition coefficient (Wildman–Crippen LogP) is 2.09. The molecule has 1 aromatic rings. The Hall–Kier alpha value is -1.47. The third-order valence-electron chi connectivity index (χ3n) is 6.04. The fourth-order valence-electron chi connectivity index (χ4n) is 4.71. The van der Waals surface area contributed by atoms with E-state index in [4.69, 9.17) is 0 Å². The van der Waals surface area contributed by atoms with Crippen LogP contribution in [0.2, 0.25) is 0 Å². The maximum Gasteiger partial charge on any atom is 0.243 e. The highest BCUT2D eigenvalue weighted by atomic mass is 32.2. The average molecular weight is 366 g/mol. The van der Waals surface area contributed by atoms with Gasteiger partial charge in [0, 0.05) is 32.1 Å². The molecule has 0 N–H and O–H groups in total. The van der Waals surface area contributed by atoms with E-state index in [9.17, 15) is 17.6 Å². The first-order chi connectivity index (χ1) is 11.9. The molecule has 0 spiro atoms. The van der Waals surface area contributed by atoms with Crippen molar-refractivity contribution in [2.24, 2.45) is 17.8 Å². The van der Waals surface area contributed by atoms with Crippen molar-refractivity contribution in [1.82, 2.24) is 9.21 Å². The minimum absolute atomic E-state index is 0.0274. The van der Waals surface area contributed by atoms with Gasteiger partial charge in [0.2, 0.25) is 15.9 Å². The summed E-state index contributed by atoms with van der Waals surface area (Å²) in [6.07, 6.45) is 4.61. The maximum absolute atomic E-state index is 13.3. The number of hydrogen-bond donors (Lipinski definition) is 0. The molecule has 1 heterocycles. The van der Waals surface area contributed by atoms with E-state index in [0.29, 0.717) is 24.9 Å². The third-order valence-corrected chi connectivity index (χ3v) is 7.93. The highest BCUT2D eigenvalue weighted by Gasteiger charge is 2.45. The smallest absolute Gasteiger partial charge is 0.243 e. The number of fused-ring (bicyclic) bond motifs is 2. The van der Waals surface area contributed by atoms with E-state index in [2.05, 4.69) is 0 Å². The summed E-state index contributed by atoms with van der Waals surface area (Å²) in [5.74, 6) is 1.03. The summed E-state index contributed by atoms with van der Waals surface area (Å²) < 4.78 is 40.0. The summed E-state index contributed by atoms with van der Waals surface area (Å²) in [6, 6.07) is 5.08. The molecule has 2 aliphatic carbocycles. The van der Waals surface area contributed by atoms with E-state index in [1.165, 1.54) is 35.3 Å². The van der Waals surface area contributed by atoms with E-state index in [-0.39, 0.29) is 29.8 Å². The SMILES string of the molecule is O=C([C@H]1C[C@H]2CC[C@H]1C2)N1CCN(S(=O)(=O)c2cccc(F)c2)CC1. The van der Waals surface area contributed by atoms with E-state index < -0.39 is 15.8 Å². The van der Waals surface area contributed by atoms with Crippen LogP contribution in [0.25, 0.3) is 0 Å². The Balaban J connectivity index is 1.40. The molecule has 25 heavy (non-hydrogen) atoms. The number of hydrogen-bond acceptors (Lipinski definition) is 3. The number of benzene rings is 1. The van der Waals surface area contributed by atoms with Gasteiger partial charge in [-0.05, 0) is 49.3 Å². The van der Waals surface area contributed by atoms with Crippen molar-refractivity contribution in [2.45, 2.75) is 30.6 Å². The van der Waals surface area contributed by atoms with Crippen LogP contribution in [0.15, 0.2) is 29.2 Å². The molecule has 0 unspecified atom stereocenters. The Morgan fingerprint density at radius 2 is 1.84 bits per heavy atom. The van der Waals surface area contributed by atoms with Crippen molar-refractivity contribution >= 4 is 15.9 Å². The second kappa shape index (κ2) is 6.36. The van der Waals surface area contributed by atoms with Crippen molar-refractivity contribution in [3.05, 3.63) is 30.1 Å². The number of nitrogens with zero attached hydrogens (tertiary/aromatic N) is 2. The van der Waals surface area contributed by atoms with Gasteiger partial charge in [-0.2, -0.15) is 4.31 Å². The average Bonchev–Trinajstić information content (AvgIpc) is 3.24. The summed E-state index contributed by atoms with van der Waals surface area (Å²) in [5, 5.41) is 0. The van der Waals surface area contributed by atoms with Crippen molar-refractivity contribution in [3.8, 4) is 0 Å². The van der Waals surface area contributed by atoms with Crippen LogP contribution in [0, 0.1) is 23.6 Å². The number of halogens is 1. The van der Waals surface area contributed by atoms with E-state index >= 15 is 0 Å². The molecule has 3 fully saturated rings. The predicted molar refractivity (Wildman–Crippen MR) is 90.7 cm³/mol. The quantitative estimate of drug-likeness (QED) is 0.823. The number of carbonyl (C=O) groups excluding carboxylic acids is 1. The first kappa shape index (κ1) is 17.0. The lowest BCUT2D eigenvalue weighted by Crippen LogP contribution is -2.52. The van der Waals surface area contributed by atoms with Gasteiger partial charge in [0.25, 0.3) is 0 Å². The monoisotopic (exact) mass is 366 g/mol. The number of rotatable bonds is 3. The Bertz CT molecular complexity index is 774. The summed E-state index contributed by atoms with van der Waals surface area (Å²) >= 11 is 0. The zero-order valence-corrected chi connectivity index (χ0v) is 14.9. The molecule has 1 amide bonds. The molecule has 2 saturated carbocycles. The standard InChI is InChI=1S/C18H23FN2O3S/c19-15-2-1-3-16(12-15)25(23,24)21-8-6-20(7-9-21)18(22)17-11-13-4-5-14(17)10-13/h1-3,12-14,17H,4-11H2/t13-,14-,17-/m0/s1. The molecule has 7 heteroatoms. The van der Waals surface area contributed by atoms with Crippen LogP contribution in [-0.4, -0.2) is 49.7 Å². The van der Waals surface area contributed by atoms with Gasteiger partial charge >= 0.3 is 0 Å². The zero-order chi connectivity index (χ0) is 17.6. The number of piperazine rings is 1. The summed E-state index contributed by atoms with van der Waals surface area (Å²) in [6.45, 7) is 1.37. The molecule has 5 nitrogen and oxygen atoms in total. The molecule has 136 valence electrons. The number of sulfonamides is 1. The molecule has 1 saturated heterocycles. The van der Waals surface area contributed by atoms with E-state index in [0.717, 1.165) is 18.9 Å². The van der Waals surface area contributed by atoms with Gasteiger partial charge < -0.3 is 4.90 Å². The lowest BCUT2D eigenvalue weighted by Gasteiger charge is -2.36. The molecule has 2 bridgehead atoms. The van der Waals surface area contributed by atoms with Crippen molar-refractivity contribution in [3.63, 3.8) is 0 Å². The van der Waals surface area contributed by atoms with Crippen LogP contribution in [0.1, 0.15) is 25.7 Å². The van der Waals surface area contributed by atoms with Gasteiger partial charge in [-0.3, -0.25) is 4.79 Å². The minimum Gasteiger partial charge on any atom is -0.340 e. The van der Waals surface area contributed by atoms with Crippen molar-refractivity contribution in [2.75, 3.05) is 26.2 Å². The summed E-state index contributed by atoms with van der Waals surface area (Å²) in [7, 11) is -3.71. The topological polar surface area (TPSA) is 57.7 Å². The highest BCUT2D eigenvalue weighted by molar-refractivity contribution is 7.89. The van der Waals surface area contributed by atoms with Crippen molar-refractivity contribution in [1.29, 1.82) is 0 Å². The Morgan fingerprint density at radius 1 is 1.08 bits per heavy atom. The molecule has 3 aliphatic rings. The van der Waals surface area contributed by atoms with Gasteiger partial charge in [-0.15, -0.1) is 0 Å². The maximum atomic E-state index is 13.3. The first-order valence-electron chi connectivity index (χ1n) is 8.99. The molecule has 3 atom stereocenters. The summed E-state index contributed by atoms with van der Waals surface area (Å²) in [5.41, 5.74) is 0. The Labute approximate surface area is 147 Å². The fourth-order valence-corrected chi connectivity index (χ4v) is 6.16. The van der Waals surface area contributed by atoms with Crippen LogP contribution < -0.4 is 0 Å². The van der Waals surface area contributed by atoms with Gasteiger partial charge in [0.15, 0.2) is 0 Å². The van der Waals surface area contributed by atoms with Crippen LogP contribution in [0.4, 0.5) is 4.39 Å². The molecule has 0 aromatic heterocycles. The van der Waals surface area contributed by atoms with E-state index in [1.54, 1.807) is 0 Å². The highest BCUT2D eigenvalue weighted by Crippen LogP contribution is 2.48. The second-order valence-corrected chi connectivity index (χ2v) is 9.41. The van der Waals surface area contributed by atoms with Crippen LogP contribution >= 0.6 is 0 Å². The Kier molecular flexibility index (Phi) is 4.32. The van der Waals surface area contributed by atoms with Gasteiger partial charge in [-0.25, -0.2) is 12.8 Å². The Morgan fingerprint density at radius 3 is 2.44 bits per heavy atom. The van der Waals surface area contributed by atoms with E-state index in [1.807, 2.05) is 4.90 Å². The minimum atomic E-state index is -3.71. The molecular formula is C18H23FN2O3S. The lowest BCUT2D eigenvalue weighted by molar-refractivity contribution is -0.138. The second-order valence-electron chi connectivity index (χ2n) is 7.47. The zero-order valence-electron chi connectivity index (χ0n) is 14.1. The number of amides is 1. The largest absolute Gasteiger partial charge is 0.340 e. The number of carbonyl (C=O) groups is 1. The van der Waals surface area contributed by atoms with Crippen LogP contribution in [0.5, 0.6) is 0 Å². The van der Waals surface area contributed by atoms with Crippen LogP contribution in [-0.2, 0) is 14.8 Å². The molecule has 1 aromatic carbocycles. The third kappa shape index (κ3) is 3.08. The van der Waals surface area contributed by atoms with Crippen LogP contribution in [0.3, 0.4) is 0 Å². The molecule has 1 aliphatic heterocycles. The molecular weight excluding hydrogens is 343 g/mol. The molecule has 4 rings (SSSR count). The molecule has 0 radical (unpaired) electrons. The van der Waals surface area contributed by atoms with Gasteiger partial charge in [0.05, 0.1) is 4.90 Å². The van der Waals surface area contributed by atoms with Crippen molar-refractivity contribution < 1.29 is 17.6 Å². The first-order valence-corrected chi connectivity index (χ1v) is 10.4. The lowest BCUT2D eigenvalue weighted by atomic mass is 9.87.